The van der Waals surface area contributed by atoms with E-state index in [-0.39, 0.29) is 10.6 Å². The second kappa shape index (κ2) is 7.53. The molecule has 0 amide bonds. The van der Waals surface area contributed by atoms with E-state index in [4.69, 9.17) is 4.18 Å². The molecule has 0 aliphatic carbocycles. The SMILES string of the molecule is Cc1ccc(S(=O)(=O)OC([C]=O)CSc2ccccn2)cc1. The normalized spacial score (nSPS) is 12.8. The van der Waals surface area contributed by atoms with Crippen molar-refractivity contribution in [2.45, 2.75) is 22.9 Å². The number of hydrogen-bond donors (Lipinski definition) is 0. The minimum atomic E-state index is -3.99. The number of benzene rings is 1. The monoisotopic (exact) mass is 336 g/mol. The van der Waals surface area contributed by atoms with Crippen molar-refractivity contribution in [2.24, 2.45) is 0 Å². The summed E-state index contributed by atoms with van der Waals surface area (Å²) >= 11 is 1.23. The third-order valence-corrected chi connectivity index (χ3v) is 5.05. The summed E-state index contributed by atoms with van der Waals surface area (Å²) in [5.74, 6) is 0.117. The molecule has 0 spiro atoms. The molecule has 1 aromatic heterocycles. The Balaban J connectivity index is 2.02. The van der Waals surface area contributed by atoms with Crippen LogP contribution in [0.15, 0.2) is 58.6 Å². The van der Waals surface area contributed by atoms with Gasteiger partial charge in [-0.15, -0.1) is 11.8 Å². The smallest absolute Gasteiger partial charge is 0.288 e. The second-order valence-electron chi connectivity index (χ2n) is 4.45. The lowest BCUT2D eigenvalue weighted by Gasteiger charge is -2.11. The van der Waals surface area contributed by atoms with Crippen molar-refractivity contribution in [3.63, 3.8) is 0 Å². The molecule has 2 rings (SSSR count). The van der Waals surface area contributed by atoms with Crippen LogP contribution in [0.3, 0.4) is 0 Å². The lowest BCUT2D eigenvalue weighted by Crippen LogP contribution is -2.22. The first-order valence-corrected chi connectivity index (χ1v) is 8.82. The van der Waals surface area contributed by atoms with Crippen LogP contribution in [0.4, 0.5) is 0 Å². The van der Waals surface area contributed by atoms with Crippen LogP contribution in [-0.2, 0) is 19.1 Å². The topological polar surface area (TPSA) is 73.3 Å². The molecule has 1 heterocycles. The number of pyridine rings is 1. The van der Waals surface area contributed by atoms with Crippen molar-refractivity contribution >= 4 is 28.2 Å². The van der Waals surface area contributed by atoms with Gasteiger partial charge in [0.2, 0.25) is 6.29 Å². The van der Waals surface area contributed by atoms with Gasteiger partial charge in [-0.1, -0.05) is 23.8 Å². The summed E-state index contributed by atoms with van der Waals surface area (Å²) in [7, 11) is -3.99. The fourth-order valence-corrected chi connectivity index (χ4v) is 3.44. The first kappa shape index (κ1) is 16.7. The Morgan fingerprint density at radius 2 is 1.95 bits per heavy atom. The largest absolute Gasteiger partial charge is 0.297 e. The van der Waals surface area contributed by atoms with Crippen LogP contribution in [0.1, 0.15) is 5.56 Å². The molecule has 0 N–H and O–H groups in total. The lowest BCUT2D eigenvalue weighted by atomic mass is 10.2. The number of thioether (sulfide) groups is 1. The number of nitrogens with zero attached hydrogens (tertiary/aromatic N) is 1. The van der Waals surface area contributed by atoms with Crippen molar-refractivity contribution < 1.29 is 17.4 Å². The van der Waals surface area contributed by atoms with Crippen LogP contribution >= 0.6 is 11.8 Å². The van der Waals surface area contributed by atoms with Crippen molar-refractivity contribution in [3.05, 3.63) is 54.2 Å². The maximum Gasteiger partial charge on any atom is 0.297 e. The zero-order chi connectivity index (χ0) is 16.0. The van der Waals surface area contributed by atoms with Gasteiger partial charge in [-0.2, -0.15) is 8.42 Å². The van der Waals surface area contributed by atoms with Gasteiger partial charge in [0.25, 0.3) is 10.1 Å². The standard InChI is InChI=1S/C15H14NO4S2/c1-12-5-7-14(8-6-12)22(18,19)20-13(10-17)11-21-15-4-2-3-9-16-15/h2-9,13H,11H2,1H3. The highest BCUT2D eigenvalue weighted by Crippen LogP contribution is 2.19. The van der Waals surface area contributed by atoms with E-state index in [2.05, 4.69) is 4.98 Å². The first-order chi connectivity index (χ1) is 10.5. The predicted molar refractivity (Wildman–Crippen MR) is 83.9 cm³/mol. The molecule has 0 bridgehead atoms. The zero-order valence-corrected chi connectivity index (χ0v) is 13.4. The van der Waals surface area contributed by atoms with E-state index in [0.29, 0.717) is 5.03 Å². The number of carbonyl (C=O) groups excluding carboxylic acids is 1. The Bertz CT molecular complexity index is 715. The minimum Gasteiger partial charge on any atom is -0.288 e. The molecule has 5 nitrogen and oxygen atoms in total. The van der Waals surface area contributed by atoms with E-state index < -0.39 is 16.2 Å². The van der Waals surface area contributed by atoms with E-state index in [1.807, 2.05) is 6.92 Å². The Hall–Kier alpha value is -1.70. The number of aryl methyl sites for hydroxylation is 1. The molecule has 0 aliphatic rings. The average Bonchev–Trinajstić information content (AvgIpc) is 2.52. The lowest BCUT2D eigenvalue weighted by molar-refractivity contribution is 0.286. The molecule has 7 heteroatoms. The zero-order valence-electron chi connectivity index (χ0n) is 11.8. The number of aromatic nitrogens is 1. The molecule has 0 saturated heterocycles. The van der Waals surface area contributed by atoms with Gasteiger partial charge in [0, 0.05) is 11.9 Å². The Morgan fingerprint density at radius 1 is 1.23 bits per heavy atom. The first-order valence-electron chi connectivity index (χ1n) is 6.43. The molecule has 1 aromatic carbocycles. The van der Waals surface area contributed by atoms with Crippen molar-refractivity contribution in [1.29, 1.82) is 0 Å². The molecule has 1 radical (unpaired) electrons. The highest BCUT2D eigenvalue weighted by atomic mass is 32.2. The van der Waals surface area contributed by atoms with Gasteiger partial charge in [-0.05, 0) is 31.2 Å². The summed E-state index contributed by atoms with van der Waals surface area (Å²) in [5, 5.41) is 0.680. The predicted octanol–water partition coefficient (Wildman–Crippen LogP) is 2.37. The summed E-state index contributed by atoms with van der Waals surface area (Å²) in [5.41, 5.74) is 0.933. The summed E-state index contributed by atoms with van der Waals surface area (Å²) in [6.07, 6.45) is 2.04. The van der Waals surface area contributed by atoms with Crippen molar-refractivity contribution in [1.82, 2.24) is 4.98 Å². The van der Waals surface area contributed by atoms with Gasteiger partial charge in [0.15, 0.2) is 6.10 Å². The van der Waals surface area contributed by atoms with E-state index in [1.165, 1.54) is 23.9 Å². The quantitative estimate of drug-likeness (QED) is 0.571. The third kappa shape index (κ3) is 4.66. The van der Waals surface area contributed by atoms with Crippen molar-refractivity contribution in [3.8, 4) is 0 Å². The van der Waals surface area contributed by atoms with Crippen LogP contribution < -0.4 is 0 Å². The van der Waals surface area contributed by atoms with Gasteiger partial charge < -0.3 is 0 Å². The molecule has 22 heavy (non-hydrogen) atoms. The summed E-state index contributed by atoms with van der Waals surface area (Å²) in [6, 6.07) is 11.6. The fraction of sp³-hybridized carbons (Fsp3) is 0.200. The fourth-order valence-electron chi connectivity index (χ4n) is 1.59. The number of rotatable bonds is 7. The number of hydrogen-bond acceptors (Lipinski definition) is 6. The van der Waals surface area contributed by atoms with E-state index >= 15 is 0 Å². The molecule has 2 aromatic rings. The maximum atomic E-state index is 12.1. The molecule has 0 fully saturated rings. The molecular weight excluding hydrogens is 322 g/mol. The second-order valence-corrected chi connectivity index (χ2v) is 7.06. The van der Waals surface area contributed by atoms with Crippen LogP contribution in [0, 0.1) is 6.92 Å². The van der Waals surface area contributed by atoms with Crippen molar-refractivity contribution in [2.75, 3.05) is 5.75 Å². The van der Waals surface area contributed by atoms with Gasteiger partial charge in [-0.25, -0.2) is 4.98 Å². The Labute approximate surface area is 133 Å². The van der Waals surface area contributed by atoms with Crippen LogP contribution in [0.2, 0.25) is 0 Å². The van der Waals surface area contributed by atoms with Crippen LogP contribution in [0.5, 0.6) is 0 Å². The third-order valence-electron chi connectivity index (χ3n) is 2.70. The minimum absolute atomic E-state index is 0.0150. The van der Waals surface area contributed by atoms with Gasteiger partial charge >= 0.3 is 0 Å². The molecule has 0 aliphatic heterocycles. The Kier molecular flexibility index (Phi) is 5.70. The van der Waals surface area contributed by atoms with E-state index in [9.17, 15) is 13.2 Å². The highest BCUT2D eigenvalue weighted by molar-refractivity contribution is 7.99. The van der Waals surface area contributed by atoms with Crippen LogP contribution in [0.25, 0.3) is 0 Å². The highest BCUT2D eigenvalue weighted by Gasteiger charge is 2.22. The summed E-state index contributed by atoms with van der Waals surface area (Å²) in [4.78, 5) is 15.0. The van der Waals surface area contributed by atoms with Gasteiger partial charge in [0.05, 0.1) is 9.92 Å². The van der Waals surface area contributed by atoms with Crippen LogP contribution in [-0.4, -0.2) is 31.5 Å². The van der Waals surface area contributed by atoms with Gasteiger partial charge in [-0.3, -0.25) is 8.98 Å². The maximum absolute atomic E-state index is 12.1. The van der Waals surface area contributed by atoms with E-state index in [0.717, 1.165) is 5.56 Å². The molecule has 0 saturated carbocycles. The average molecular weight is 336 g/mol. The molecule has 115 valence electrons. The molecule has 1 atom stereocenters. The van der Waals surface area contributed by atoms with E-state index in [1.54, 1.807) is 42.8 Å². The summed E-state index contributed by atoms with van der Waals surface area (Å²) < 4.78 is 29.1. The molecular formula is C15H14NO4S2. The Morgan fingerprint density at radius 3 is 2.55 bits per heavy atom. The molecule has 1 unspecified atom stereocenters. The van der Waals surface area contributed by atoms with Gasteiger partial charge in [0.1, 0.15) is 0 Å². The summed E-state index contributed by atoms with van der Waals surface area (Å²) in [6.45, 7) is 1.85.